The molecule has 1 atom stereocenters. The number of aromatic nitrogens is 2. The largest absolute Gasteiger partial charge is 0.491 e. The number of nitrogens with one attached hydrogen (secondary N) is 1. The van der Waals surface area contributed by atoms with Crippen LogP contribution in [-0.2, 0) is 6.42 Å². The van der Waals surface area contributed by atoms with E-state index in [0.29, 0.717) is 0 Å². The topological polar surface area (TPSA) is 73.1 Å². The van der Waals surface area contributed by atoms with Gasteiger partial charge in [0, 0.05) is 5.56 Å². The first kappa shape index (κ1) is 14.9. The number of hydrogen-bond donors (Lipinski definition) is 2. The summed E-state index contributed by atoms with van der Waals surface area (Å²) in [5, 5.41) is 4.15. The predicted molar refractivity (Wildman–Crippen MR) is 80.7 cm³/mol. The molecule has 0 aliphatic rings. The van der Waals surface area contributed by atoms with Gasteiger partial charge in [0.25, 0.3) is 0 Å². The molecule has 0 aliphatic carbocycles. The van der Waals surface area contributed by atoms with Crippen molar-refractivity contribution >= 4 is 11.5 Å². The Hall–Kier alpha value is -1.50. The van der Waals surface area contributed by atoms with Gasteiger partial charge in [-0.2, -0.15) is 0 Å². The van der Waals surface area contributed by atoms with Gasteiger partial charge >= 0.3 is 0 Å². The van der Waals surface area contributed by atoms with E-state index in [1.165, 1.54) is 11.5 Å². The van der Waals surface area contributed by atoms with Gasteiger partial charge in [-0.25, -0.2) is 5.43 Å². The summed E-state index contributed by atoms with van der Waals surface area (Å²) in [6.07, 6.45) is 0.942. The number of benzene rings is 1. The van der Waals surface area contributed by atoms with Crippen molar-refractivity contribution in [2.24, 2.45) is 5.84 Å². The highest BCUT2D eigenvalue weighted by atomic mass is 32.1. The van der Waals surface area contributed by atoms with E-state index in [-0.39, 0.29) is 12.1 Å². The second kappa shape index (κ2) is 6.78. The maximum atomic E-state index is 5.87. The molecule has 3 N–H and O–H groups in total. The van der Waals surface area contributed by atoms with Crippen LogP contribution in [0.3, 0.4) is 0 Å². The van der Waals surface area contributed by atoms with Gasteiger partial charge in [-0.05, 0) is 37.9 Å². The molecular formula is C14H20N4OS. The smallest absolute Gasteiger partial charge is 0.124 e. The molecule has 2 aromatic rings. The molecule has 5 nitrogen and oxygen atoms in total. The summed E-state index contributed by atoms with van der Waals surface area (Å²) in [5.74, 6) is 6.60. The molecule has 2 rings (SSSR count). The van der Waals surface area contributed by atoms with Crippen molar-refractivity contribution in [2.75, 3.05) is 0 Å². The van der Waals surface area contributed by atoms with Crippen LogP contribution in [0.5, 0.6) is 5.75 Å². The number of rotatable bonds is 6. The van der Waals surface area contributed by atoms with Gasteiger partial charge in [-0.3, -0.25) is 5.84 Å². The molecular weight excluding hydrogens is 272 g/mol. The lowest BCUT2D eigenvalue weighted by molar-refractivity contribution is 0.238. The van der Waals surface area contributed by atoms with Crippen molar-refractivity contribution in [2.45, 2.75) is 39.3 Å². The summed E-state index contributed by atoms with van der Waals surface area (Å²) in [4.78, 5) is 1.04. The zero-order valence-corrected chi connectivity index (χ0v) is 12.8. The van der Waals surface area contributed by atoms with Crippen LogP contribution in [0.15, 0.2) is 24.3 Å². The van der Waals surface area contributed by atoms with Crippen LogP contribution in [0.4, 0.5) is 0 Å². The van der Waals surface area contributed by atoms with E-state index in [9.17, 15) is 0 Å². The number of ether oxygens (including phenoxy) is 1. The van der Waals surface area contributed by atoms with Gasteiger partial charge in [0.1, 0.15) is 5.75 Å². The minimum atomic E-state index is -0.153. The Labute approximate surface area is 123 Å². The SMILES string of the molecule is CCc1nnsc1C(NN)c1ccccc1OC(C)C. The molecule has 1 heterocycles. The van der Waals surface area contributed by atoms with E-state index in [4.69, 9.17) is 10.6 Å². The van der Waals surface area contributed by atoms with E-state index in [1.54, 1.807) is 0 Å². The van der Waals surface area contributed by atoms with Gasteiger partial charge in [0.05, 0.1) is 22.7 Å². The maximum absolute atomic E-state index is 5.87. The quantitative estimate of drug-likeness (QED) is 0.632. The van der Waals surface area contributed by atoms with Crippen LogP contribution in [0.25, 0.3) is 0 Å². The van der Waals surface area contributed by atoms with E-state index < -0.39 is 0 Å². The molecule has 20 heavy (non-hydrogen) atoms. The predicted octanol–water partition coefficient (Wildman–Crippen LogP) is 2.44. The lowest BCUT2D eigenvalue weighted by atomic mass is 10.0. The highest BCUT2D eigenvalue weighted by Crippen LogP contribution is 2.33. The second-order valence-electron chi connectivity index (χ2n) is 4.74. The molecule has 0 saturated carbocycles. The van der Waals surface area contributed by atoms with Crippen LogP contribution in [0.1, 0.15) is 42.9 Å². The molecule has 1 unspecified atom stereocenters. The molecule has 108 valence electrons. The fourth-order valence-corrected chi connectivity index (χ4v) is 2.89. The Morgan fingerprint density at radius 3 is 2.75 bits per heavy atom. The second-order valence-corrected chi connectivity index (χ2v) is 5.53. The maximum Gasteiger partial charge on any atom is 0.124 e. The summed E-state index contributed by atoms with van der Waals surface area (Å²) in [7, 11) is 0. The van der Waals surface area contributed by atoms with Crippen LogP contribution < -0.4 is 16.0 Å². The molecule has 0 fully saturated rings. The molecule has 1 aromatic heterocycles. The third kappa shape index (κ3) is 3.15. The van der Waals surface area contributed by atoms with E-state index >= 15 is 0 Å². The van der Waals surface area contributed by atoms with Crippen LogP contribution in [-0.4, -0.2) is 15.7 Å². The van der Waals surface area contributed by atoms with E-state index in [1.807, 2.05) is 38.1 Å². The Kier molecular flexibility index (Phi) is 5.05. The zero-order valence-electron chi connectivity index (χ0n) is 12.0. The fraction of sp³-hybridized carbons (Fsp3) is 0.429. The number of nitrogens with zero attached hydrogens (tertiary/aromatic N) is 2. The first-order chi connectivity index (χ1) is 9.67. The summed E-state index contributed by atoms with van der Waals surface area (Å²) in [6.45, 7) is 6.07. The minimum absolute atomic E-state index is 0.111. The highest BCUT2D eigenvalue weighted by molar-refractivity contribution is 7.05. The van der Waals surface area contributed by atoms with E-state index in [0.717, 1.165) is 28.3 Å². The van der Waals surface area contributed by atoms with Crippen LogP contribution in [0, 0.1) is 0 Å². The average molecular weight is 292 g/mol. The third-order valence-electron chi connectivity index (χ3n) is 2.94. The van der Waals surface area contributed by atoms with Crippen molar-refractivity contribution in [3.8, 4) is 5.75 Å². The first-order valence-electron chi connectivity index (χ1n) is 6.70. The number of nitrogens with two attached hydrogens (primary N) is 1. The Morgan fingerprint density at radius 2 is 2.10 bits per heavy atom. The lowest BCUT2D eigenvalue weighted by Crippen LogP contribution is -2.29. The fourth-order valence-electron chi connectivity index (χ4n) is 2.07. The Morgan fingerprint density at radius 1 is 1.35 bits per heavy atom. The molecule has 0 amide bonds. The van der Waals surface area contributed by atoms with Crippen molar-refractivity contribution in [3.05, 3.63) is 40.4 Å². The van der Waals surface area contributed by atoms with Gasteiger partial charge in [0.2, 0.25) is 0 Å². The van der Waals surface area contributed by atoms with Crippen LogP contribution in [0.2, 0.25) is 0 Å². The number of hydrazine groups is 1. The van der Waals surface area contributed by atoms with Gasteiger partial charge in [-0.15, -0.1) is 5.10 Å². The molecule has 0 saturated heterocycles. The normalized spacial score (nSPS) is 12.7. The highest BCUT2D eigenvalue weighted by Gasteiger charge is 2.22. The lowest BCUT2D eigenvalue weighted by Gasteiger charge is -2.20. The molecule has 6 heteroatoms. The van der Waals surface area contributed by atoms with Crippen molar-refractivity contribution in [3.63, 3.8) is 0 Å². The number of aryl methyl sites for hydroxylation is 1. The zero-order chi connectivity index (χ0) is 14.5. The molecule has 0 bridgehead atoms. The summed E-state index contributed by atoms with van der Waals surface area (Å²) in [6, 6.07) is 7.76. The molecule has 0 radical (unpaired) electrons. The summed E-state index contributed by atoms with van der Waals surface area (Å²) in [5.41, 5.74) is 4.83. The standard InChI is InChI=1S/C14H20N4OS/c1-4-11-14(20-18-17-11)13(16-15)10-7-5-6-8-12(10)19-9(2)3/h5-9,13,16H,4,15H2,1-3H3. The van der Waals surface area contributed by atoms with Crippen LogP contribution >= 0.6 is 11.5 Å². The molecule has 0 spiro atoms. The van der Waals surface area contributed by atoms with Gasteiger partial charge in [0.15, 0.2) is 0 Å². The van der Waals surface area contributed by atoms with Gasteiger partial charge in [-0.1, -0.05) is 29.6 Å². The first-order valence-corrected chi connectivity index (χ1v) is 7.47. The van der Waals surface area contributed by atoms with Crippen molar-refractivity contribution in [1.29, 1.82) is 0 Å². The monoisotopic (exact) mass is 292 g/mol. The summed E-state index contributed by atoms with van der Waals surface area (Å²) >= 11 is 1.37. The number of hydrogen-bond acceptors (Lipinski definition) is 6. The van der Waals surface area contributed by atoms with Crippen molar-refractivity contribution in [1.82, 2.24) is 15.0 Å². The number of para-hydroxylation sites is 1. The molecule has 1 aromatic carbocycles. The van der Waals surface area contributed by atoms with Gasteiger partial charge < -0.3 is 4.74 Å². The molecule has 0 aliphatic heterocycles. The minimum Gasteiger partial charge on any atom is -0.491 e. The average Bonchev–Trinajstić information content (AvgIpc) is 2.89. The summed E-state index contributed by atoms with van der Waals surface area (Å²) < 4.78 is 9.90. The Bertz CT molecular complexity index is 556. The Balaban J connectivity index is 2.42. The third-order valence-corrected chi connectivity index (χ3v) is 3.77. The van der Waals surface area contributed by atoms with Crippen molar-refractivity contribution < 1.29 is 4.74 Å². The van der Waals surface area contributed by atoms with E-state index in [2.05, 4.69) is 21.9 Å².